The third kappa shape index (κ3) is 2.54. The van der Waals surface area contributed by atoms with Crippen molar-refractivity contribution in [3.63, 3.8) is 0 Å². The smallest absolute Gasteiger partial charge is 0.0843 e. The summed E-state index contributed by atoms with van der Waals surface area (Å²) in [6, 6.07) is 9.59. The van der Waals surface area contributed by atoms with Crippen LogP contribution < -0.4 is 5.32 Å². The van der Waals surface area contributed by atoms with E-state index in [0.29, 0.717) is 13.1 Å². The van der Waals surface area contributed by atoms with Crippen molar-refractivity contribution in [2.45, 2.75) is 6.54 Å². The maximum Gasteiger partial charge on any atom is 0.0843 e. The van der Waals surface area contributed by atoms with Gasteiger partial charge in [-0.15, -0.1) is 0 Å². The molecular formula is C9H9ClN2. The van der Waals surface area contributed by atoms with Gasteiger partial charge in [0.15, 0.2) is 0 Å². The van der Waals surface area contributed by atoms with E-state index in [1.165, 1.54) is 0 Å². The lowest BCUT2D eigenvalue weighted by Gasteiger charge is -2.02. The molecule has 1 aromatic carbocycles. The fourth-order valence-electron chi connectivity index (χ4n) is 0.895. The zero-order valence-electron chi connectivity index (χ0n) is 6.55. The Morgan fingerprint density at radius 2 is 2.17 bits per heavy atom. The maximum atomic E-state index is 8.27. The van der Waals surface area contributed by atoms with Crippen LogP contribution in [-0.4, -0.2) is 6.54 Å². The van der Waals surface area contributed by atoms with Crippen LogP contribution in [-0.2, 0) is 6.54 Å². The van der Waals surface area contributed by atoms with E-state index in [1.807, 2.05) is 30.3 Å². The van der Waals surface area contributed by atoms with Crippen molar-refractivity contribution < 1.29 is 0 Å². The number of nitrogens with one attached hydrogen (secondary N) is 1. The van der Waals surface area contributed by atoms with Gasteiger partial charge in [-0.2, -0.15) is 5.26 Å². The topological polar surface area (TPSA) is 35.8 Å². The van der Waals surface area contributed by atoms with Crippen molar-refractivity contribution in [2.75, 3.05) is 6.54 Å². The Labute approximate surface area is 76.8 Å². The Morgan fingerprint density at radius 3 is 2.83 bits per heavy atom. The molecule has 0 aliphatic heterocycles. The predicted molar refractivity (Wildman–Crippen MR) is 48.8 cm³/mol. The summed E-state index contributed by atoms with van der Waals surface area (Å²) in [7, 11) is 0. The molecule has 1 N–H and O–H groups in total. The molecule has 0 aromatic heterocycles. The summed E-state index contributed by atoms with van der Waals surface area (Å²) >= 11 is 5.88. The number of rotatable bonds is 3. The van der Waals surface area contributed by atoms with Crippen LogP contribution in [0.4, 0.5) is 0 Å². The van der Waals surface area contributed by atoms with Gasteiger partial charge in [0.05, 0.1) is 12.6 Å². The van der Waals surface area contributed by atoms with E-state index >= 15 is 0 Å². The largest absolute Gasteiger partial charge is 0.300 e. The Morgan fingerprint density at radius 1 is 1.42 bits per heavy atom. The molecular weight excluding hydrogens is 172 g/mol. The van der Waals surface area contributed by atoms with Gasteiger partial charge in [-0.25, -0.2) is 0 Å². The molecule has 0 spiro atoms. The molecule has 0 bridgehead atoms. The standard InChI is InChI=1S/C9H9ClN2/c10-9-4-2-1-3-8(9)7-12-6-5-11/h1-4,12H,6-7H2. The first-order chi connectivity index (χ1) is 5.84. The van der Waals surface area contributed by atoms with Gasteiger partial charge in [0.25, 0.3) is 0 Å². The predicted octanol–water partition coefficient (Wildman–Crippen LogP) is 1.95. The van der Waals surface area contributed by atoms with Crippen LogP contribution in [0, 0.1) is 11.3 Å². The summed E-state index contributed by atoms with van der Waals surface area (Å²) in [5, 5.41) is 12.0. The van der Waals surface area contributed by atoms with Crippen LogP contribution in [0.25, 0.3) is 0 Å². The first-order valence-corrected chi connectivity index (χ1v) is 4.03. The number of halogens is 1. The summed E-state index contributed by atoms with van der Waals surface area (Å²) in [5.41, 5.74) is 1.02. The first-order valence-electron chi connectivity index (χ1n) is 3.65. The highest BCUT2D eigenvalue weighted by molar-refractivity contribution is 6.31. The van der Waals surface area contributed by atoms with Crippen LogP contribution >= 0.6 is 11.6 Å². The van der Waals surface area contributed by atoms with Crippen molar-refractivity contribution in [2.24, 2.45) is 0 Å². The highest BCUT2D eigenvalue weighted by Gasteiger charge is 1.96. The van der Waals surface area contributed by atoms with Crippen LogP contribution in [0.3, 0.4) is 0 Å². The Kier molecular flexibility index (Phi) is 3.59. The van der Waals surface area contributed by atoms with Gasteiger partial charge < -0.3 is 5.32 Å². The van der Waals surface area contributed by atoms with Gasteiger partial charge >= 0.3 is 0 Å². The van der Waals surface area contributed by atoms with Gasteiger partial charge in [0.1, 0.15) is 0 Å². The molecule has 0 saturated heterocycles. The zero-order valence-corrected chi connectivity index (χ0v) is 7.30. The zero-order chi connectivity index (χ0) is 8.81. The van der Waals surface area contributed by atoms with Crippen LogP contribution in [0.5, 0.6) is 0 Å². The number of hydrogen-bond acceptors (Lipinski definition) is 2. The van der Waals surface area contributed by atoms with E-state index in [4.69, 9.17) is 16.9 Å². The van der Waals surface area contributed by atoms with Gasteiger partial charge in [-0.3, -0.25) is 0 Å². The summed E-state index contributed by atoms with van der Waals surface area (Å²) < 4.78 is 0. The minimum Gasteiger partial charge on any atom is -0.300 e. The monoisotopic (exact) mass is 180 g/mol. The molecule has 0 amide bonds. The maximum absolute atomic E-state index is 8.27. The van der Waals surface area contributed by atoms with Gasteiger partial charge in [-0.1, -0.05) is 29.8 Å². The van der Waals surface area contributed by atoms with Crippen molar-refractivity contribution >= 4 is 11.6 Å². The minimum atomic E-state index is 0.352. The molecule has 1 aromatic rings. The molecule has 1 rings (SSSR count). The Balaban J connectivity index is 2.53. The molecule has 0 saturated carbocycles. The lowest BCUT2D eigenvalue weighted by atomic mass is 10.2. The van der Waals surface area contributed by atoms with Crippen LogP contribution in [0.15, 0.2) is 24.3 Å². The molecule has 0 fully saturated rings. The van der Waals surface area contributed by atoms with E-state index in [2.05, 4.69) is 5.32 Å². The van der Waals surface area contributed by atoms with Crippen LogP contribution in [0.1, 0.15) is 5.56 Å². The van der Waals surface area contributed by atoms with E-state index < -0.39 is 0 Å². The fraction of sp³-hybridized carbons (Fsp3) is 0.222. The van der Waals surface area contributed by atoms with E-state index in [0.717, 1.165) is 10.6 Å². The molecule has 62 valence electrons. The number of hydrogen-bond donors (Lipinski definition) is 1. The number of nitrogens with zero attached hydrogens (tertiary/aromatic N) is 1. The fourth-order valence-corrected chi connectivity index (χ4v) is 1.10. The third-order valence-corrected chi connectivity index (χ3v) is 1.85. The van der Waals surface area contributed by atoms with Gasteiger partial charge in [0.2, 0.25) is 0 Å². The number of benzene rings is 1. The molecule has 0 heterocycles. The molecule has 0 aliphatic rings. The average Bonchev–Trinajstić information content (AvgIpc) is 2.09. The minimum absolute atomic E-state index is 0.352. The molecule has 3 heteroatoms. The van der Waals surface area contributed by atoms with E-state index in [9.17, 15) is 0 Å². The summed E-state index contributed by atoms with van der Waals surface area (Å²) in [6.45, 7) is 0.998. The van der Waals surface area contributed by atoms with Crippen molar-refractivity contribution in [1.82, 2.24) is 5.32 Å². The highest BCUT2D eigenvalue weighted by Crippen LogP contribution is 2.13. The van der Waals surface area contributed by atoms with E-state index in [-0.39, 0.29) is 0 Å². The molecule has 0 unspecified atom stereocenters. The van der Waals surface area contributed by atoms with Gasteiger partial charge in [0, 0.05) is 11.6 Å². The van der Waals surface area contributed by atoms with Crippen molar-refractivity contribution in [3.05, 3.63) is 34.9 Å². The molecule has 0 aliphatic carbocycles. The molecule has 2 nitrogen and oxygen atoms in total. The summed E-state index contributed by atoms with van der Waals surface area (Å²) in [5.74, 6) is 0. The SMILES string of the molecule is N#CCNCc1ccccc1Cl. The molecule has 0 atom stereocenters. The second-order valence-corrected chi connectivity index (χ2v) is 2.76. The van der Waals surface area contributed by atoms with Crippen LogP contribution in [0.2, 0.25) is 5.02 Å². The summed E-state index contributed by atoms with van der Waals surface area (Å²) in [6.07, 6.45) is 0. The van der Waals surface area contributed by atoms with Gasteiger partial charge in [-0.05, 0) is 11.6 Å². The van der Waals surface area contributed by atoms with Crippen molar-refractivity contribution in [1.29, 1.82) is 5.26 Å². The number of nitriles is 1. The van der Waals surface area contributed by atoms with E-state index in [1.54, 1.807) is 0 Å². The summed E-state index contributed by atoms with van der Waals surface area (Å²) in [4.78, 5) is 0. The normalized spacial score (nSPS) is 9.33. The lowest BCUT2D eigenvalue weighted by Crippen LogP contribution is -2.13. The second kappa shape index (κ2) is 4.76. The average molecular weight is 181 g/mol. The highest BCUT2D eigenvalue weighted by atomic mass is 35.5. The second-order valence-electron chi connectivity index (χ2n) is 2.35. The lowest BCUT2D eigenvalue weighted by molar-refractivity contribution is 0.766. The van der Waals surface area contributed by atoms with Crippen molar-refractivity contribution in [3.8, 4) is 6.07 Å². The first kappa shape index (κ1) is 9.05. The Bertz CT molecular complexity index is 291. The molecule has 0 radical (unpaired) electrons. The third-order valence-electron chi connectivity index (χ3n) is 1.48. The molecule has 12 heavy (non-hydrogen) atoms. The quantitative estimate of drug-likeness (QED) is 0.570. The Hall–Kier alpha value is -1.04.